The van der Waals surface area contributed by atoms with Crippen LogP contribution >= 0.6 is 0 Å². The lowest BCUT2D eigenvalue weighted by Gasteiger charge is -2.38. The molecule has 1 aromatic carbocycles. The van der Waals surface area contributed by atoms with Crippen molar-refractivity contribution in [1.29, 1.82) is 0 Å². The highest BCUT2D eigenvalue weighted by molar-refractivity contribution is 5.55. The van der Waals surface area contributed by atoms with Crippen LogP contribution < -0.4 is 4.74 Å². The molecule has 0 spiro atoms. The van der Waals surface area contributed by atoms with Crippen LogP contribution in [0.1, 0.15) is 67.3 Å². The van der Waals surface area contributed by atoms with Gasteiger partial charge in [0.2, 0.25) is 0 Å². The van der Waals surface area contributed by atoms with Gasteiger partial charge < -0.3 is 4.74 Å². The summed E-state index contributed by atoms with van der Waals surface area (Å²) in [5.74, 6) is 1.45. The van der Waals surface area contributed by atoms with Crippen molar-refractivity contribution in [2.75, 3.05) is 0 Å². The molecule has 1 aromatic rings. The summed E-state index contributed by atoms with van der Waals surface area (Å²) >= 11 is 0. The molecule has 2 unspecified atom stereocenters. The van der Waals surface area contributed by atoms with Crippen LogP contribution in [0.25, 0.3) is 0 Å². The average molecular weight is 286 g/mol. The van der Waals surface area contributed by atoms with Crippen molar-refractivity contribution in [3.8, 4) is 5.75 Å². The van der Waals surface area contributed by atoms with Gasteiger partial charge in [-0.2, -0.15) is 0 Å². The maximum Gasteiger partial charge on any atom is 0.126 e. The Morgan fingerprint density at radius 2 is 1.71 bits per heavy atom. The van der Waals surface area contributed by atoms with Gasteiger partial charge >= 0.3 is 0 Å². The van der Waals surface area contributed by atoms with Crippen molar-refractivity contribution in [3.05, 3.63) is 34.7 Å². The molecule has 2 radical (unpaired) electrons. The number of rotatable bonds is 4. The zero-order chi connectivity index (χ0) is 15.8. The van der Waals surface area contributed by atoms with E-state index in [0.29, 0.717) is 5.92 Å². The molecular weight excluding hydrogens is 256 g/mol. The topological polar surface area (TPSA) is 9.23 Å². The molecule has 0 aliphatic carbocycles. The monoisotopic (exact) mass is 286 g/mol. The summed E-state index contributed by atoms with van der Waals surface area (Å²) in [5.41, 5.74) is 6.96. The first kappa shape index (κ1) is 16.4. The molecule has 116 valence electrons. The van der Waals surface area contributed by atoms with Gasteiger partial charge in [0.25, 0.3) is 0 Å². The van der Waals surface area contributed by atoms with Crippen LogP contribution in [0.3, 0.4) is 0 Å². The van der Waals surface area contributed by atoms with E-state index in [1.807, 2.05) is 0 Å². The SMILES string of the molecule is [CH]C(C)CCCC1(C)CCc2c(C)c(C)c(C)c(C)c2O1. The first-order valence-corrected chi connectivity index (χ1v) is 8.29. The van der Waals surface area contributed by atoms with Crippen LogP contribution in [0.2, 0.25) is 0 Å². The van der Waals surface area contributed by atoms with Gasteiger partial charge in [-0.1, -0.05) is 13.3 Å². The summed E-state index contributed by atoms with van der Waals surface area (Å²) in [6, 6.07) is 0. The minimum atomic E-state index is -0.0270. The Kier molecular flexibility index (Phi) is 4.70. The van der Waals surface area contributed by atoms with E-state index in [9.17, 15) is 0 Å². The molecule has 1 aliphatic rings. The second-order valence-electron chi connectivity index (χ2n) is 7.23. The fourth-order valence-corrected chi connectivity index (χ4v) is 3.46. The molecule has 2 atom stereocenters. The fraction of sp³-hybridized carbons (Fsp3) is 0.650. The van der Waals surface area contributed by atoms with Crippen LogP contribution in [0.4, 0.5) is 0 Å². The van der Waals surface area contributed by atoms with Crippen LogP contribution in [0.15, 0.2) is 0 Å². The Hall–Kier alpha value is -0.980. The van der Waals surface area contributed by atoms with E-state index < -0.39 is 0 Å². The second-order valence-corrected chi connectivity index (χ2v) is 7.23. The smallest absolute Gasteiger partial charge is 0.126 e. The number of hydrogen-bond donors (Lipinski definition) is 0. The van der Waals surface area contributed by atoms with Crippen molar-refractivity contribution >= 4 is 0 Å². The third-order valence-corrected chi connectivity index (χ3v) is 5.37. The molecule has 21 heavy (non-hydrogen) atoms. The zero-order valence-corrected chi connectivity index (χ0v) is 14.6. The minimum absolute atomic E-state index is 0.0270. The molecule has 0 bridgehead atoms. The van der Waals surface area contributed by atoms with Gasteiger partial charge in [0, 0.05) is 0 Å². The highest BCUT2D eigenvalue weighted by atomic mass is 16.5. The van der Waals surface area contributed by atoms with Gasteiger partial charge in [0.15, 0.2) is 0 Å². The van der Waals surface area contributed by atoms with E-state index >= 15 is 0 Å². The zero-order valence-electron chi connectivity index (χ0n) is 14.6. The molecule has 0 amide bonds. The highest BCUT2D eigenvalue weighted by Crippen LogP contribution is 2.42. The van der Waals surface area contributed by atoms with E-state index in [2.05, 4.69) is 41.5 Å². The molecule has 2 rings (SSSR count). The Bertz CT molecular complexity index is 527. The molecule has 1 heterocycles. The number of benzene rings is 1. The quantitative estimate of drug-likeness (QED) is 0.708. The number of ether oxygens (including phenoxy) is 1. The standard InChI is InChI=1S/C20H30O/c1-13(2)9-8-11-20(7)12-10-18-16(5)14(3)15(4)17(6)19(18)21-20/h1,13H,8-12H2,2-7H3. The third-order valence-electron chi connectivity index (χ3n) is 5.37. The summed E-state index contributed by atoms with van der Waals surface area (Å²) < 4.78 is 6.51. The van der Waals surface area contributed by atoms with E-state index in [0.717, 1.165) is 37.9 Å². The third kappa shape index (κ3) is 3.27. The number of fused-ring (bicyclic) bond motifs is 1. The molecule has 1 aliphatic heterocycles. The summed E-state index contributed by atoms with van der Waals surface area (Å²) in [4.78, 5) is 0. The van der Waals surface area contributed by atoms with Crippen molar-refractivity contribution in [1.82, 2.24) is 0 Å². The minimum Gasteiger partial charge on any atom is -0.487 e. The Balaban J connectivity index is 2.24. The molecule has 0 saturated carbocycles. The highest BCUT2D eigenvalue weighted by Gasteiger charge is 2.33. The van der Waals surface area contributed by atoms with Gasteiger partial charge in [0.05, 0.1) is 0 Å². The van der Waals surface area contributed by atoms with Gasteiger partial charge in [-0.15, -0.1) is 0 Å². The molecular formula is C20H30O. The van der Waals surface area contributed by atoms with E-state index in [1.54, 1.807) is 0 Å². The van der Waals surface area contributed by atoms with Crippen LogP contribution in [-0.4, -0.2) is 5.60 Å². The van der Waals surface area contributed by atoms with Crippen molar-refractivity contribution in [3.63, 3.8) is 0 Å². The Labute approximate surface area is 131 Å². The molecule has 1 nitrogen and oxygen atoms in total. The van der Waals surface area contributed by atoms with Gasteiger partial charge in [-0.3, -0.25) is 0 Å². The van der Waals surface area contributed by atoms with Gasteiger partial charge in [-0.25, -0.2) is 0 Å². The van der Waals surface area contributed by atoms with Crippen LogP contribution in [0, 0.1) is 40.5 Å². The van der Waals surface area contributed by atoms with Crippen molar-refractivity contribution in [2.24, 2.45) is 5.92 Å². The average Bonchev–Trinajstić information content (AvgIpc) is 2.42. The summed E-state index contributed by atoms with van der Waals surface area (Å²) in [7, 11) is 0. The van der Waals surface area contributed by atoms with E-state index in [4.69, 9.17) is 11.7 Å². The maximum absolute atomic E-state index is 6.51. The fourth-order valence-electron chi connectivity index (χ4n) is 3.46. The van der Waals surface area contributed by atoms with E-state index in [-0.39, 0.29) is 5.60 Å². The molecule has 0 saturated heterocycles. The lowest BCUT2D eigenvalue weighted by atomic mass is 9.83. The Morgan fingerprint density at radius 3 is 2.33 bits per heavy atom. The Morgan fingerprint density at radius 1 is 1.10 bits per heavy atom. The maximum atomic E-state index is 6.51. The normalized spacial score (nSPS) is 21.3. The van der Waals surface area contributed by atoms with Gasteiger partial charge in [-0.05, 0) is 101 Å². The second kappa shape index (κ2) is 6.02. The van der Waals surface area contributed by atoms with Crippen LogP contribution in [0.5, 0.6) is 5.75 Å². The predicted octanol–water partition coefficient (Wildman–Crippen LogP) is 5.52. The summed E-state index contributed by atoms with van der Waals surface area (Å²) in [5, 5.41) is 0. The lowest BCUT2D eigenvalue weighted by molar-refractivity contribution is 0.0518. The van der Waals surface area contributed by atoms with Crippen molar-refractivity contribution in [2.45, 2.75) is 79.2 Å². The van der Waals surface area contributed by atoms with Crippen molar-refractivity contribution < 1.29 is 4.74 Å². The summed E-state index contributed by atoms with van der Waals surface area (Å²) in [6.45, 7) is 19.1. The first-order valence-electron chi connectivity index (χ1n) is 8.29. The number of hydrogen-bond acceptors (Lipinski definition) is 1. The first-order chi connectivity index (χ1) is 9.75. The molecule has 0 N–H and O–H groups in total. The molecule has 0 fully saturated rings. The molecule has 0 aromatic heterocycles. The predicted molar refractivity (Wildman–Crippen MR) is 90.1 cm³/mol. The lowest BCUT2D eigenvalue weighted by Crippen LogP contribution is -2.37. The largest absolute Gasteiger partial charge is 0.487 e. The molecule has 1 heteroatoms. The van der Waals surface area contributed by atoms with E-state index in [1.165, 1.54) is 27.8 Å². The summed E-state index contributed by atoms with van der Waals surface area (Å²) in [6.07, 6.45) is 5.57. The van der Waals surface area contributed by atoms with Crippen LogP contribution in [-0.2, 0) is 6.42 Å². The van der Waals surface area contributed by atoms with Gasteiger partial charge in [0.1, 0.15) is 11.4 Å².